The molecule has 1 saturated heterocycles. The van der Waals surface area contributed by atoms with E-state index in [-0.39, 0.29) is 6.04 Å². The van der Waals surface area contributed by atoms with E-state index in [4.69, 9.17) is 10.2 Å². The second kappa shape index (κ2) is 5.81. The lowest BCUT2D eigenvalue weighted by Crippen LogP contribution is -2.33. The van der Waals surface area contributed by atoms with Crippen molar-refractivity contribution in [2.24, 2.45) is 5.73 Å². The lowest BCUT2D eigenvalue weighted by molar-refractivity contribution is 0.163. The fourth-order valence-corrected chi connectivity index (χ4v) is 3.24. The van der Waals surface area contributed by atoms with Gasteiger partial charge in [0.2, 0.25) is 0 Å². The molecule has 1 aromatic heterocycles. The molecule has 1 aromatic carbocycles. The van der Waals surface area contributed by atoms with Gasteiger partial charge in [0.25, 0.3) is 0 Å². The minimum atomic E-state index is 0.177. The summed E-state index contributed by atoms with van der Waals surface area (Å²) >= 11 is 0. The van der Waals surface area contributed by atoms with Crippen LogP contribution < -0.4 is 5.73 Å². The molecule has 0 amide bonds. The Hall–Kier alpha value is -1.58. The van der Waals surface area contributed by atoms with Gasteiger partial charge in [-0.1, -0.05) is 30.3 Å². The molecule has 2 aromatic rings. The van der Waals surface area contributed by atoms with E-state index in [9.17, 15) is 0 Å². The number of nitrogens with two attached hydrogens (primary N) is 1. The van der Waals surface area contributed by atoms with Crippen LogP contribution in [-0.4, -0.2) is 18.0 Å². The molecule has 3 nitrogen and oxygen atoms in total. The molecule has 2 atom stereocenters. The second-order valence-electron chi connectivity index (χ2n) is 5.51. The van der Waals surface area contributed by atoms with Crippen molar-refractivity contribution >= 4 is 0 Å². The average molecular weight is 270 g/mol. The number of nitrogens with zero attached hydrogens (tertiary/aromatic N) is 1. The molecule has 1 fully saturated rings. The summed E-state index contributed by atoms with van der Waals surface area (Å²) in [4.78, 5) is 2.49. The Labute approximate surface area is 120 Å². The van der Waals surface area contributed by atoms with Gasteiger partial charge in [-0.05, 0) is 44.0 Å². The fourth-order valence-electron chi connectivity index (χ4n) is 3.24. The van der Waals surface area contributed by atoms with E-state index in [2.05, 4.69) is 41.3 Å². The molecule has 2 heterocycles. The van der Waals surface area contributed by atoms with Gasteiger partial charge in [-0.15, -0.1) is 0 Å². The fraction of sp³-hybridized carbons (Fsp3) is 0.412. The summed E-state index contributed by atoms with van der Waals surface area (Å²) in [5, 5.41) is 0. The molecular weight excluding hydrogens is 248 g/mol. The van der Waals surface area contributed by atoms with Crippen LogP contribution in [0.1, 0.15) is 42.0 Å². The van der Waals surface area contributed by atoms with E-state index < -0.39 is 0 Å². The molecule has 0 aliphatic carbocycles. The van der Waals surface area contributed by atoms with Crippen LogP contribution in [0.25, 0.3) is 0 Å². The van der Waals surface area contributed by atoms with Gasteiger partial charge in [0.15, 0.2) is 0 Å². The Balaban J connectivity index is 1.87. The monoisotopic (exact) mass is 270 g/mol. The van der Waals surface area contributed by atoms with E-state index in [1.165, 1.54) is 18.4 Å². The predicted octanol–water partition coefficient (Wildman–Crippen LogP) is 3.42. The Bertz CT molecular complexity index is 549. The molecule has 1 aliphatic heterocycles. The summed E-state index contributed by atoms with van der Waals surface area (Å²) in [6.45, 7) is 3.66. The van der Waals surface area contributed by atoms with Crippen molar-refractivity contribution in [1.82, 2.24) is 4.90 Å². The van der Waals surface area contributed by atoms with Crippen LogP contribution in [0.5, 0.6) is 0 Å². The Morgan fingerprint density at radius 2 is 2.05 bits per heavy atom. The van der Waals surface area contributed by atoms with Crippen molar-refractivity contribution in [2.45, 2.75) is 31.8 Å². The Morgan fingerprint density at radius 1 is 1.25 bits per heavy atom. The zero-order valence-corrected chi connectivity index (χ0v) is 12.0. The van der Waals surface area contributed by atoms with Gasteiger partial charge in [0.05, 0.1) is 6.04 Å². The largest absolute Gasteiger partial charge is 0.465 e. The highest BCUT2D eigenvalue weighted by Gasteiger charge is 2.33. The van der Waals surface area contributed by atoms with Crippen LogP contribution in [0.15, 0.2) is 46.9 Å². The molecule has 0 spiro atoms. The molecule has 3 heteroatoms. The molecule has 20 heavy (non-hydrogen) atoms. The van der Waals surface area contributed by atoms with Crippen molar-refractivity contribution in [2.75, 3.05) is 13.1 Å². The number of rotatable bonds is 4. The van der Waals surface area contributed by atoms with E-state index in [0.29, 0.717) is 12.6 Å². The molecule has 0 radical (unpaired) electrons. The average Bonchev–Trinajstić information content (AvgIpc) is 3.11. The summed E-state index contributed by atoms with van der Waals surface area (Å²) < 4.78 is 5.81. The first-order chi connectivity index (χ1) is 9.79. The maximum atomic E-state index is 6.03. The molecular formula is C17H22N2O. The summed E-state index contributed by atoms with van der Waals surface area (Å²) in [7, 11) is 0. The van der Waals surface area contributed by atoms with Gasteiger partial charge >= 0.3 is 0 Å². The number of hydrogen-bond acceptors (Lipinski definition) is 3. The summed E-state index contributed by atoms with van der Waals surface area (Å²) in [5.41, 5.74) is 7.41. The Morgan fingerprint density at radius 3 is 2.70 bits per heavy atom. The quantitative estimate of drug-likeness (QED) is 0.925. The standard InChI is InChI=1S/C17H22N2O/c1-13-9-10-17(20-13)16(12-18)19-11-5-8-15(19)14-6-3-2-4-7-14/h2-4,6-7,9-10,15-16H,5,8,11-12,18H2,1H3. The highest BCUT2D eigenvalue weighted by Crippen LogP contribution is 2.38. The van der Waals surface area contributed by atoms with Gasteiger partial charge in [0, 0.05) is 12.6 Å². The van der Waals surface area contributed by atoms with Crippen LogP contribution >= 0.6 is 0 Å². The van der Waals surface area contributed by atoms with Gasteiger partial charge in [-0.25, -0.2) is 0 Å². The van der Waals surface area contributed by atoms with E-state index in [0.717, 1.165) is 18.1 Å². The number of benzene rings is 1. The molecule has 0 saturated carbocycles. The number of furan rings is 1. The first kappa shape index (κ1) is 13.4. The van der Waals surface area contributed by atoms with Crippen molar-refractivity contribution in [3.63, 3.8) is 0 Å². The molecule has 106 valence electrons. The first-order valence-electron chi connectivity index (χ1n) is 7.36. The maximum Gasteiger partial charge on any atom is 0.122 e. The summed E-state index contributed by atoms with van der Waals surface area (Å²) in [6, 6.07) is 15.4. The van der Waals surface area contributed by atoms with Crippen molar-refractivity contribution in [3.05, 3.63) is 59.5 Å². The van der Waals surface area contributed by atoms with Gasteiger partial charge in [-0.3, -0.25) is 4.90 Å². The van der Waals surface area contributed by atoms with Crippen molar-refractivity contribution < 1.29 is 4.42 Å². The van der Waals surface area contributed by atoms with Crippen LogP contribution in [0, 0.1) is 6.92 Å². The van der Waals surface area contributed by atoms with Crippen LogP contribution in [0.2, 0.25) is 0 Å². The second-order valence-corrected chi connectivity index (χ2v) is 5.51. The number of aryl methyl sites for hydroxylation is 1. The predicted molar refractivity (Wildman–Crippen MR) is 80.4 cm³/mol. The molecule has 1 aliphatic rings. The normalized spacial score (nSPS) is 21.2. The molecule has 2 unspecified atom stereocenters. The maximum absolute atomic E-state index is 6.03. The number of likely N-dealkylation sites (tertiary alicyclic amines) is 1. The van der Waals surface area contributed by atoms with E-state index >= 15 is 0 Å². The Kier molecular flexibility index (Phi) is 3.90. The third-order valence-electron chi connectivity index (χ3n) is 4.19. The topological polar surface area (TPSA) is 42.4 Å². The van der Waals surface area contributed by atoms with Crippen molar-refractivity contribution in [1.29, 1.82) is 0 Å². The van der Waals surface area contributed by atoms with E-state index in [1.54, 1.807) is 0 Å². The highest BCUT2D eigenvalue weighted by molar-refractivity contribution is 5.21. The van der Waals surface area contributed by atoms with Crippen LogP contribution in [-0.2, 0) is 0 Å². The van der Waals surface area contributed by atoms with Gasteiger partial charge in [0.1, 0.15) is 11.5 Å². The highest BCUT2D eigenvalue weighted by atomic mass is 16.3. The summed E-state index contributed by atoms with van der Waals surface area (Å²) in [5.74, 6) is 1.95. The van der Waals surface area contributed by atoms with Gasteiger partial charge in [-0.2, -0.15) is 0 Å². The van der Waals surface area contributed by atoms with Gasteiger partial charge < -0.3 is 10.2 Å². The minimum absolute atomic E-state index is 0.177. The van der Waals surface area contributed by atoms with Crippen LogP contribution in [0.3, 0.4) is 0 Å². The van der Waals surface area contributed by atoms with Crippen molar-refractivity contribution in [3.8, 4) is 0 Å². The molecule has 0 bridgehead atoms. The zero-order valence-electron chi connectivity index (χ0n) is 12.0. The number of hydrogen-bond donors (Lipinski definition) is 1. The third kappa shape index (κ3) is 2.51. The lowest BCUT2D eigenvalue weighted by Gasteiger charge is -2.31. The smallest absolute Gasteiger partial charge is 0.122 e. The molecule has 3 rings (SSSR count). The zero-order chi connectivity index (χ0) is 13.9. The van der Waals surface area contributed by atoms with Crippen LogP contribution in [0.4, 0.5) is 0 Å². The van der Waals surface area contributed by atoms with E-state index in [1.807, 2.05) is 13.0 Å². The lowest BCUT2D eigenvalue weighted by atomic mass is 10.0. The third-order valence-corrected chi connectivity index (χ3v) is 4.19. The minimum Gasteiger partial charge on any atom is -0.465 e. The summed E-state index contributed by atoms with van der Waals surface area (Å²) in [6.07, 6.45) is 2.41. The first-order valence-corrected chi connectivity index (χ1v) is 7.36. The molecule has 2 N–H and O–H groups in total. The SMILES string of the molecule is Cc1ccc(C(CN)N2CCCC2c2ccccc2)o1.